The van der Waals surface area contributed by atoms with E-state index in [1.165, 1.54) is 17.3 Å². The van der Waals surface area contributed by atoms with E-state index in [1.807, 2.05) is 0 Å². The van der Waals surface area contributed by atoms with E-state index >= 15 is 0 Å². The van der Waals surface area contributed by atoms with Gasteiger partial charge in [0.2, 0.25) is 0 Å². The second-order valence-corrected chi connectivity index (χ2v) is 1.02. The summed E-state index contributed by atoms with van der Waals surface area (Å²) in [4.78, 5) is 1.46. The number of aliphatic hydroxyl groups excluding tert-OH is 1. The molecule has 2 nitrogen and oxygen atoms in total. The van der Waals surface area contributed by atoms with Crippen molar-refractivity contribution in [3.8, 4) is 0 Å². The molecule has 0 fully saturated rings. The van der Waals surface area contributed by atoms with Crippen LogP contribution >= 0.6 is 0 Å². The SMILES string of the molecule is C=CN(C=C)CO. The molecule has 0 aromatic heterocycles. The van der Waals surface area contributed by atoms with Gasteiger partial charge in [0.05, 0.1) is 0 Å². The van der Waals surface area contributed by atoms with Crippen molar-refractivity contribution in [2.45, 2.75) is 0 Å². The average Bonchev–Trinajstić information content (AvgIpc) is 1.72. The second-order valence-electron chi connectivity index (χ2n) is 1.02. The summed E-state index contributed by atoms with van der Waals surface area (Å²) in [5.74, 6) is 0. The molecule has 0 atom stereocenters. The summed E-state index contributed by atoms with van der Waals surface area (Å²) < 4.78 is 0. The predicted molar refractivity (Wildman–Crippen MR) is 29.3 cm³/mol. The van der Waals surface area contributed by atoms with Crippen LogP contribution in [0.4, 0.5) is 0 Å². The Bertz CT molecular complexity index is 62.5. The van der Waals surface area contributed by atoms with Crippen LogP contribution < -0.4 is 0 Å². The Morgan fingerprint density at radius 1 is 1.43 bits per heavy atom. The number of nitrogens with zero attached hydrogens (tertiary/aromatic N) is 1. The van der Waals surface area contributed by atoms with E-state index in [0.29, 0.717) is 0 Å². The molecule has 0 rings (SSSR count). The van der Waals surface area contributed by atoms with Crippen LogP contribution in [0.2, 0.25) is 0 Å². The van der Waals surface area contributed by atoms with Crippen LogP contribution in [0.3, 0.4) is 0 Å². The van der Waals surface area contributed by atoms with Gasteiger partial charge in [0.25, 0.3) is 0 Å². The molecule has 0 spiro atoms. The molecule has 0 aromatic rings. The van der Waals surface area contributed by atoms with Crippen molar-refractivity contribution in [3.05, 3.63) is 25.6 Å². The van der Waals surface area contributed by atoms with E-state index in [1.54, 1.807) is 0 Å². The maximum absolute atomic E-state index is 8.31. The quantitative estimate of drug-likeness (QED) is 0.521. The molecule has 0 saturated carbocycles. The molecule has 0 unspecified atom stereocenters. The van der Waals surface area contributed by atoms with Gasteiger partial charge in [0, 0.05) is 0 Å². The third-order valence-electron chi connectivity index (χ3n) is 0.632. The lowest BCUT2D eigenvalue weighted by Crippen LogP contribution is -2.08. The summed E-state index contributed by atoms with van der Waals surface area (Å²) in [7, 11) is 0. The Morgan fingerprint density at radius 2 is 1.86 bits per heavy atom. The van der Waals surface area contributed by atoms with Gasteiger partial charge in [-0.05, 0) is 12.4 Å². The Labute approximate surface area is 43.4 Å². The molecule has 0 aromatic carbocycles. The van der Waals surface area contributed by atoms with Gasteiger partial charge in [-0.2, -0.15) is 0 Å². The molecule has 0 amide bonds. The Kier molecular flexibility index (Phi) is 3.06. The number of aliphatic hydroxyl groups is 1. The molecule has 0 aliphatic heterocycles. The maximum atomic E-state index is 8.31. The standard InChI is InChI=1S/C5H9NO/c1-3-6(4-2)5-7/h3-4,7H,1-2,5H2. The highest BCUT2D eigenvalue weighted by Gasteiger charge is 1.80. The van der Waals surface area contributed by atoms with Gasteiger partial charge >= 0.3 is 0 Å². The zero-order valence-corrected chi connectivity index (χ0v) is 4.17. The van der Waals surface area contributed by atoms with Crippen LogP contribution in [-0.2, 0) is 0 Å². The highest BCUT2D eigenvalue weighted by Crippen LogP contribution is 1.81. The predicted octanol–water partition coefficient (Wildman–Crippen LogP) is 0.525. The van der Waals surface area contributed by atoms with Crippen molar-refractivity contribution in [2.24, 2.45) is 0 Å². The van der Waals surface area contributed by atoms with Crippen molar-refractivity contribution in [2.75, 3.05) is 6.73 Å². The molecule has 0 radical (unpaired) electrons. The van der Waals surface area contributed by atoms with Crippen molar-refractivity contribution >= 4 is 0 Å². The van der Waals surface area contributed by atoms with Crippen molar-refractivity contribution in [1.82, 2.24) is 4.90 Å². The molecule has 0 bridgehead atoms. The first-order chi connectivity index (χ1) is 3.35. The molecule has 0 heterocycles. The summed E-state index contributed by atoms with van der Waals surface area (Å²) in [6.07, 6.45) is 2.99. The van der Waals surface area contributed by atoms with Gasteiger partial charge in [-0.25, -0.2) is 0 Å². The van der Waals surface area contributed by atoms with Crippen LogP contribution in [0.1, 0.15) is 0 Å². The third-order valence-corrected chi connectivity index (χ3v) is 0.632. The maximum Gasteiger partial charge on any atom is 0.119 e. The van der Waals surface area contributed by atoms with E-state index in [2.05, 4.69) is 13.2 Å². The second kappa shape index (κ2) is 3.43. The molecular weight excluding hydrogens is 90.1 g/mol. The Hall–Kier alpha value is -0.760. The first-order valence-corrected chi connectivity index (χ1v) is 1.97. The van der Waals surface area contributed by atoms with Gasteiger partial charge in [-0.15, -0.1) is 0 Å². The average molecular weight is 99.1 g/mol. The lowest BCUT2D eigenvalue weighted by Gasteiger charge is -2.06. The largest absolute Gasteiger partial charge is 0.376 e. The van der Waals surface area contributed by atoms with Crippen LogP contribution in [0.15, 0.2) is 25.6 Å². The molecule has 40 valence electrons. The van der Waals surface area contributed by atoms with Crippen LogP contribution in [-0.4, -0.2) is 16.7 Å². The summed E-state index contributed by atoms with van der Waals surface area (Å²) in [5.41, 5.74) is 0. The molecule has 1 N–H and O–H groups in total. The van der Waals surface area contributed by atoms with Crippen LogP contribution in [0.25, 0.3) is 0 Å². The van der Waals surface area contributed by atoms with Gasteiger partial charge in [-0.3, -0.25) is 0 Å². The summed E-state index contributed by atoms with van der Waals surface area (Å²) >= 11 is 0. The lowest BCUT2D eigenvalue weighted by atomic mass is 10.8. The highest BCUT2D eigenvalue weighted by molar-refractivity contribution is 4.77. The van der Waals surface area contributed by atoms with Crippen LogP contribution in [0.5, 0.6) is 0 Å². The molecule has 0 saturated heterocycles. The van der Waals surface area contributed by atoms with Gasteiger partial charge in [0.15, 0.2) is 0 Å². The van der Waals surface area contributed by atoms with Gasteiger partial charge < -0.3 is 10.0 Å². The lowest BCUT2D eigenvalue weighted by molar-refractivity contribution is 0.191. The molecule has 0 aliphatic carbocycles. The van der Waals surface area contributed by atoms with E-state index < -0.39 is 0 Å². The zero-order valence-electron chi connectivity index (χ0n) is 4.17. The first-order valence-electron chi connectivity index (χ1n) is 1.97. The summed E-state index contributed by atoms with van der Waals surface area (Å²) in [6, 6.07) is 0. The smallest absolute Gasteiger partial charge is 0.119 e. The fourth-order valence-electron chi connectivity index (χ4n) is 0.190. The minimum atomic E-state index is -0.0486. The fraction of sp³-hybridized carbons (Fsp3) is 0.200. The van der Waals surface area contributed by atoms with E-state index in [-0.39, 0.29) is 6.73 Å². The summed E-state index contributed by atoms with van der Waals surface area (Å²) in [5, 5.41) is 8.31. The molecule has 0 aliphatic rings. The Morgan fingerprint density at radius 3 is 1.86 bits per heavy atom. The molecular formula is C5H9NO. The number of hydrogen-bond acceptors (Lipinski definition) is 2. The number of rotatable bonds is 3. The van der Waals surface area contributed by atoms with E-state index in [0.717, 1.165) is 0 Å². The number of hydrogen-bond donors (Lipinski definition) is 1. The Balaban J connectivity index is 3.36. The monoisotopic (exact) mass is 99.1 g/mol. The van der Waals surface area contributed by atoms with Crippen molar-refractivity contribution in [3.63, 3.8) is 0 Å². The zero-order chi connectivity index (χ0) is 5.70. The molecule has 2 heteroatoms. The minimum absolute atomic E-state index is 0.0486. The minimum Gasteiger partial charge on any atom is -0.376 e. The highest BCUT2D eigenvalue weighted by atomic mass is 16.3. The summed E-state index contributed by atoms with van der Waals surface area (Å²) in [6.45, 7) is 6.75. The van der Waals surface area contributed by atoms with E-state index in [4.69, 9.17) is 5.11 Å². The normalized spacial score (nSPS) is 7.57. The van der Waals surface area contributed by atoms with Gasteiger partial charge in [-0.1, -0.05) is 13.2 Å². The fourth-order valence-corrected chi connectivity index (χ4v) is 0.190. The first kappa shape index (κ1) is 6.24. The van der Waals surface area contributed by atoms with Crippen molar-refractivity contribution < 1.29 is 5.11 Å². The third kappa shape index (κ3) is 2.00. The van der Waals surface area contributed by atoms with Gasteiger partial charge in [0.1, 0.15) is 6.73 Å². The molecule has 7 heavy (non-hydrogen) atoms. The van der Waals surface area contributed by atoms with E-state index in [9.17, 15) is 0 Å². The van der Waals surface area contributed by atoms with Crippen LogP contribution in [0, 0.1) is 0 Å². The van der Waals surface area contributed by atoms with Crippen molar-refractivity contribution in [1.29, 1.82) is 0 Å². The topological polar surface area (TPSA) is 23.5 Å².